The van der Waals surface area contributed by atoms with Crippen molar-refractivity contribution < 1.29 is 17.4 Å². The van der Waals surface area contributed by atoms with Crippen molar-refractivity contribution in [3.05, 3.63) is 50.4 Å². The summed E-state index contributed by atoms with van der Waals surface area (Å²) in [7, 11) is -0.196. The molecule has 0 aromatic heterocycles. The molecule has 0 amide bonds. The van der Waals surface area contributed by atoms with Gasteiger partial charge in [-0.2, -0.15) is 0 Å². The van der Waals surface area contributed by atoms with Gasteiger partial charge in [-0.25, -0.2) is 0 Å². The second kappa shape index (κ2) is 6.60. The molecule has 1 aromatic carbocycles. The zero-order chi connectivity index (χ0) is 15.9. The van der Waals surface area contributed by atoms with Crippen molar-refractivity contribution in [3.8, 4) is 0 Å². The van der Waals surface area contributed by atoms with Crippen molar-refractivity contribution in [1.29, 1.82) is 0 Å². The number of allylic oxidation sites excluding steroid dienone is 4. The van der Waals surface area contributed by atoms with E-state index in [0.29, 0.717) is 5.92 Å². The number of nitrogens with one attached hydrogen (secondary N) is 1. The molecule has 0 heterocycles. The normalized spacial score (nSPS) is 22.3. The Morgan fingerprint density at radius 1 is 1.05 bits per heavy atom. The first-order valence-electron chi connectivity index (χ1n) is 8.54. The Morgan fingerprint density at radius 2 is 1.73 bits per heavy atom. The number of benzene rings is 1. The van der Waals surface area contributed by atoms with Crippen LogP contribution in [0.5, 0.6) is 0 Å². The molecule has 1 nitrogen and oxygen atoms in total. The van der Waals surface area contributed by atoms with Crippen molar-refractivity contribution in [3.63, 3.8) is 0 Å². The summed E-state index contributed by atoms with van der Waals surface area (Å²) in [5.41, 5.74) is 6.34. The van der Waals surface area contributed by atoms with Gasteiger partial charge >= 0.3 is 144 Å². The van der Waals surface area contributed by atoms with Crippen LogP contribution in [0.4, 0.5) is 0 Å². The van der Waals surface area contributed by atoms with Crippen molar-refractivity contribution >= 4 is 12.6 Å². The van der Waals surface area contributed by atoms with Crippen LogP contribution < -0.4 is 8.99 Å². The van der Waals surface area contributed by atoms with Gasteiger partial charge in [0.25, 0.3) is 0 Å². The molecule has 1 unspecified atom stereocenters. The molecule has 22 heavy (non-hydrogen) atoms. The molecule has 0 saturated heterocycles. The molecular formula is C19H28NSiTi. The molecule has 0 bridgehead atoms. The molecule has 3 rings (SSSR count). The second-order valence-electron chi connectivity index (χ2n) is 7.07. The standard InChI is InChI=1S/C9H13.C7H9Si.C3H6N.Ti/c1-6-5-7(2)9(4)8(6)3;1-6-4-2-3-5-7(6)8;4-3-1-2-3;/h6H,1-4H3;2-5H,8H2,1H3;3-4H,1-2H2;/q;;-1;+1. The summed E-state index contributed by atoms with van der Waals surface area (Å²) in [6.07, 6.45) is 2.82. The topological polar surface area (TPSA) is 12.0 Å². The summed E-state index contributed by atoms with van der Waals surface area (Å²) >= 11 is -1.33. The molecule has 1 fully saturated rings. The predicted molar refractivity (Wildman–Crippen MR) is 95.8 cm³/mol. The summed E-state index contributed by atoms with van der Waals surface area (Å²) in [5.74, 6) is 0.692. The zero-order valence-electron chi connectivity index (χ0n) is 14.6. The summed E-state index contributed by atoms with van der Waals surface area (Å²) in [6, 6.07) is 9.95. The van der Waals surface area contributed by atoms with Gasteiger partial charge in [0.2, 0.25) is 0 Å². The van der Waals surface area contributed by atoms with Crippen LogP contribution in [-0.2, 0) is 17.4 Å². The molecule has 3 heteroatoms. The van der Waals surface area contributed by atoms with Gasteiger partial charge in [-0.3, -0.25) is 0 Å². The van der Waals surface area contributed by atoms with Gasteiger partial charge in [-0.1, -0.05) is 0 Å². The van der Waals surface area contributed by atoms with Gasteiger partial charge in [-0.05, 0) is 0 Å². The van der Waals surface area contributed by atoms with E-state index in [1.54, 1.807) is 21.9 Å². The molecular weight excluding hydrogens is 318 g/mol. The van der Waals surface area contributed by atoms with E-state index in [0.717, 1.165) is 6.04 Å². The Balaban J connectivity index is 1.89. The predicted octanol–water partition coefficient (Wildman–Crippen LogP) is 3.25. The van der Waals surface area contributed by atoms with Crippen LogP contribution in [0.15, 0.2) is 44.9 Å². The molecule has 1 saturated carbocycles. The minimum atomic E-state index is -1.33. The van der Waals surface area contributed by atoms with Gasteiger partial charge in [0.15, 0.2) is 0 Å². The van der Waals surface area contributed by atoms with Gasteiger partial charge in [-0.15, -0.1) is 0 Å². The van der Waals surface area contributed by atoms with Gasteiger partial charge < -0.3 is 0 Å². The minimum absolute atomic E-state index is 0.196. The summed E-state index contributed by atoms with van der Waals surface area (Å²) in [4.78, 5) is 0. The fourth-order valence-electron chi connectivity index (χ4n) is 3.55. The van der Waals surface area contributed by atoms with Crippen LogP contribution >= 0.6 is 0 Å². The first kappa shape index (κ1) is 16.4. The molecule has 1 N–H and O–H groups in total. The van der Waals surface area contributed by atoms with Crippen LogP contribution in [0.2, 0.25) is 0 Å². The monoisotopic (exact) mass is 346 g/mol. The Bertz CT molecular complexity index is 643. The van der Waals surface area contributed by atoms with Gasteiger partial charge in [0.1, 0.15) is 0 Å². The quantitative estimate of drug-likeness (QED) is 0.807. The van der Waals surface area contributed by atoms with Crippen molar-refractivity contribution in [1.82, 2.24) is 3.80 Å². The van der Waals surface area contributed by atoms with Gasteiger partial charge in [0.05, 0.1) is 0 Å². The molecule has 0 radical (unpaired) electrons. The van der Waals surface area contributed by atoms with Crippen molar-refractivity contribution in [2.24, 2.45) is 5.92 Å². The maximum atomic E-state index is 4.15. The third-order valence-corrected chi connectivity index (χ3v) is 16.4. The molecule has 0 spiro atoms. The second-order valence-corrected chi connectivity index (χ2v) is 15.5. The number of hydrogen-bond acceptors (Lipinski definition) is 1. The number of aryl methyl sites for hydroxylation is 1. The average Bonchev–Trinajstić information content (AvgIpc) is 3.28. The van der Waals surface area contributed by atoms with Crippen molar-refractivity contribution in [2.75, 3.05) is 0 Å². The SMILES string of the molecule is CC1=C(C)C(C)[C]([Ti]([NH]C2CC2)[SiH2]c2ccccc2C)=C1C. The third-order valence-electron chi connectivity index (χ3n) is 5.55. The molecule has 2 aliphatic rings. The van der Waals surface area contributed by atoms with Crippen molar-refractivity contribution in [2.45, 2.75) is 53.5 Å². The third kappa shape index (κ3) is 3.26. The summed E-state index contributed by atoms with van der Waals surface area (Å²) in [5, 5.41) is 1.69. The molecule has 117 valence electrons. The van der Waals surface area contributed by atoms with E-state index in [4.69, 9.17) is 0 Å². The zero-order valence-corrected chi connectivity index (χ0v) is 17.6. The van der Waals surface area contributed by atoms with E-state index in [1.807, 2.05) is 3.88 Å². The van der Waals surface area contributed by atoms with Crippen LogP contribution in [-0.4, -0.2) is 13.4 Å². The van der Waals surface area contributed by atoms with E-state index in [-0.39, 0.29) is 7.39 Å². The summed E-state index contributed by atoms with van der Waals surface area (Å²) < 4.78 is 6.01. The molecule has 0 aliphatic heterocycles. The Kier molecular flexibility index (Phi) is 4.94. The van der Waals surface area contributed by atoms with E-state index in [9.17, 15) is 0 Å². The van der Waals surface area contributed by atoms with Crippen LogP contribution in [0.25, 0.3) is 0 Å². The summed E-state index contributed by atoms with van der Waals surface area (Å²) in [6.45, 7) is 11.8. The van der Waals surface area contributed by atoms with Crippen LogP contribution in [0.3, 0.4) is 0 Å². The van der Waals surface area contributed by atoms with E-state index in [2.05, 4.69) is 62.7 Å². The van der Waals surface area contributed by atoms with Crippen LogP contribution in [0.1, 0.15) is 46.1 Å². The fourth-order valence-corrected chi connectivity index (χ4v) is 17.0. The Morgan fingerprint density at radius 3 is 2.27 bits per heavy atom. The Hall–Kier alpha value is -0.409. The average molecular weight is 346 g/mol. The number of rotatable bonds is 5. The van der Waals surface area contributed by atoms with Gasteiger partial charge in [0, 0.05) is 0 Å². The Labute approximate surface area is 143 Å². The van der Waals surface area contributed by atoms with E-state index >= 15 is 0 Å². The first-order valence-corrected chi connectivity index (χ1v) is 14.8. The van der Waals surface area contributed by atoms with E-state index in [1.165, 1.54) is 18.4 Å². The van der Waals surface area contributed by atoms with E-state index < -0.39 is 17.4 Å². The molecule has 2 aliphatic carbocycles. The van der Waals surface area contributed by atoms with Crippen LogP contribution in [0, 0.1) is 12.8 Å². The fraction of sp³-hybridized carbons (Fsp3) is 0.474. The maximum absolute atomic E-state index is 4.15. The molecule has 1 atom stereocenters. The number of hydrogen-bond donors (Lipinski definition) is 1. The molecule has 1 aromatic rings. The first-order chi connectivity index (χ1) is 10.5.